The molecule has 0 bridgehead atoms. The first-order chi connectivity index (χ1) is 13.2. The zero-order valence-electron chi connectivity index (χ0n) is 15.1. The summed E-state index contributed by atoms with van der Waals surface area (Å²) in [6.45, 7) is 2.82. The summed E-state index contributed by atoms with van der Waals surface area (Å²) in [5.41, 5.74) is 7.54. The topological polar surface area (TPSA) is 85.1 Å². The van der Waals surface area contributed by atoms with Crippen LogP contribution in [0.25, 0.3) is 0 Å². The van der Waals surface area contributed by atoms with Crippen molar-refractivity contribution in [3.63, 3.8) is 0 Å². The molecule has 3 aromatic rings. The van der Waals surface area contributed by atoms with Crippen molar-refractivity contribution in [2.75, 3.05) is 23.0 Å². The number of benzene rings is 2. The smallest absolute Gasteiger partial charge is 0.159 e. The minimum absolute atomic E-state index is 0.294. The van der Waals surface area contributed by atoms with Gasteiger partial charge < -0.3 is 21.1 Å². The number of rotatable bonds is 8. The molecular weight excluding hydrogens is 345 g/mol. The van der Waals surface area contributed by atoms with Crippen LogP contribution in [0.15, 0.2) is 54.9 Å². The molecule has 0 aliphatic rings. The summed E-state index contributed by atoms with van der Waals surface area (Å²) in [5, 5.41) is 6.04. The lowest BCUT2D eigenvalue weighted by molar-refractivity contribution is 0.309. The van der Waals surface area contributed by atoms with Gasteiger partial charge in [-0.25, -0.2) is 14.4 Å². The summed E-state index contributed by atoms with van der Waals surface area (Å²) in [6.07, 6.45) is 3.48. The van der Waals surface area contributed by atoms with Crippen molar-refractivity contribution >= 4 is 28.7 Å². The highest BCUT2D eigenvalue weighted by molar-refractivity contribution is 5.80. The Kier molecular flexibility index (Phi) is 6.04. The molecule has 0 amide bonds. The number of aromatic nitrogens is 2. The average molecular weight is 367 g/mol. The summed E-state index contributed by atoms with van der Waals surface area (Å²) in [7, 11) is 0. The van der Waals surface area contributed by atoms with Crippen LogP contribution < -0.4 is 21.1 Å². The number of para-hydroxylation sites is 1. The van der Waals surface area contributed by atoms with E-state index in [1.165, 1.54) is 12.4 Å². The number of nitrogens with zero attached hydrogens (tertiary/aromatic N) is 2. The Morgan fingerprint density at radius 2 is 1.70 bits per heavy atom. The molecule has 27 heavy (non-hydrogen) atoms. The van der Waals surface area contributed by atoms with E-state index in [0.29, 0.717) is 29.6 Å². The third kappa shape index (κ3) is 4.84. The van der Waals surface area contributed by atoms with E-state index in [2.05, 4.69) is 27.5 Å². The molecule has 0 spiro atoms. The minimum Gasteiger partial charge on any atom is -0.494 e. The highest BCUT2D eigenvalue weighted by Crippen LogP contribution is 2.29. The Hall–Kier alpha value is -3.35. The Morgan fingerprint density at radius 3 is 2.41 bits per heavy atom. The van der Waals surface area contributed by atoms with Crippen LogP contribution in [0.3, 0.4) is 0 Å². The molecule has 1 aromatic heterocycles. The lowest BCUT2D eigenvalue weighted by Crippen LogP contribution is -2.06. The van der Waals surface area contributed by atoms with Gasteiger partial charge >= 0.3 is 0 Å². The molecule has 0 saturated carbocycles. The summed E-state index contributed by atoms with van der Waals surface area (Å²) in [4.78, 5) is 8.27. The Labute approximate surface area is 157 Å². The highest BCUT2D eigenvalue weighted by Gasteiger charge is 2.10. The first kappa shape index (κ1) is 18.4. The number of nitrogens with one attached hydrogen (secondary N) is 2. The maximum atomic E-state index is 13.8. The van der Waals surface area contributed by atoms with E-state index < -0.39 is 0 Å². The molecule has 3 rings (SSSR count). The maximum Gasteiger partial charge on any atom is 0.159 e. The first-order valence-electron chi connectivity index (χ1n) is 8.79. The minimum atomic E-state index is -0.385. The molecule has 0 radical (unpaired) electrons. The number of anilines is 5. The van der Waals surface area contributed by atoms with Gasteiger partial charge in [0.15, 0.2) is 11.6 Å². The van der Waals surface area contributed by atoms with Gasteiger partial charge in [-0.2, -0.15) is 0 Å². The van der Waals surface area contributed by atoms with Gasteiger partial charge in [0.1, 0.15) is 23.6 Å². The van der Waals surface area contributed by atoms with Gasteiger partial charge in [-0.05, 0) is 42.8 Å². The second-order valence-corrected chi connectivity index (χ2v) is 5.94. The molecule has 4 N–H and O–H groups in total. The van der Waals surface area contributed by atoms with E-state index >= 15 is 0 Å². The molecule has 0 aliphatic heterocycles. The van der Waals surface area contributed by atoms with Gasteiger partial charge in [0.25, 0.3) is 0 Å². The fourth-order valence-electron chi connectivity index (χ4n) is 2.39. The molecule has 0 atom stereocenters. The van der Waals surface area contributed by atoms with Gasteiger partial charge in [-0.1, -0.05) is 25.5 Å². The van der Waals surface area contributed by atoms with Gasteiger partial charge in [-0.3, -0.25) is 0 Å². The average Bonchev–Trinajstić information content (AvgIpc) is 2.68. The summed E-state index contributed by atoms with van der Waals surface area (Å²) in [6, 6.07) is 13.9. The van der Waals surface area contributed by atoms with Crippen molar-refractivity contribution in [3.8, 4) is 5.75 Å². The number of hydrogen-bond acceptors (Lipinski definition) is 6. The van der Waals surface area contributed by atoms with E-state index in [9.17, 15) is 4.39 Å². The largest absolute Gasteiger partial charge is 0.494 e. The SMILES string of the molecule is CCCCOc1ccc(Nc2ncnc(Nc3ccccc3F)c2N)cc1. The van der Waals surface area contributed by atoms with Crippen LogP contribution in [0, 0.1) is 5.82 Å². The lowest BCUT2D eigenvalue weighted by atomic mass is 10.3. The van der Waals surface area contributed by atoms with E-state index in [4.69, 9.17) is 10.5 Å². The number of halogens is 1. The van der Waals surface area contributed by atoms with E-state index in [1.54, 1.807) is 18.2 Å². The van der Waals surface area contributed by atoms with Crippen LogP contribution in [-0.2, 0) is 0 Å². The third-order valence-corrected chi connectivity index (χ3v) is 3.89. The van der Waals surface area contributed by atoms with Crippen molar-refractivity contribution in [2.45, 2.75) is 19.8 Å². The standard InChI is InChI=1S/C20H22FN5O/c1-2-3-12-27-15-10-8-14(9-11-15)25-19-18(22)20(24-13-23-19)26-17-7-5-4-6-16(17)21/h4-11,13H,2-3,12,22H2,1H3,(H2,23,24,25,26). The Bertz CT molecular complexity index is 886. The van der Waals surface area contributed by atoms with E-state index in [-0.39, 0.29) is 5.82 Å². The number of nitrogen functional groups attached to an aromatic ring is 1. The van der Waals surface area contributed by atoms with Crippen LogP contribution in [0.4, 0.5) is 33.1 Å². The quantitative estimate of drug-likeness (QED) is 0.493. The van der Waals surface area contributed by atoms with Crippen molar-refractivity contribution in [2.24, 2.45) is 0 Å². The van der Waals surface area contributed by atoms with Crippen molar-refractivity contribution in [1.82, 2.24) is 9.97 Å². The molecule has 7 heteroatoms. The third-order valence-electron chi connectivity index (χ3n) is 3.89. The molecule has 0 unspecified atom stereocenters. The monoisotopic (exact) mass is 367 g/mol. The zero-order valence-corrected chi connectivity index (χ0v) is 15.1. The summed E-state index contributed by atoms with van der Waals surface area (Å²) in [5.74, 6) is 1.19. The molecular formula is C20H22FN5O. The summed E-state index contributed by atoms with van der Waals surface area (Å²) >= 11 is 0. The van der Waals surface area contributed by atoms with Gasteiger partial charge in [0, 0.05) is 5.69 Å². The molecule has 1 heterocycles. The van der Waals surface area contributed by atoms with Crippen LogP contribution in [0.2, 0.25) is 0 Å². The normalized spacial score (nSPS) is 10.4. The maximum absolute atomic E-state index is 13.8. The molecule has 6 nitrogen and oxygen atoms in total. The number of ether oxygens (including phenoxy) is 1. The van der Waals surface area contributed by atoms with E-state index in [1.807, 2.05) is 24.3 Å². The van der Waals surface area contributed by atoms with Gasteiger partial charge in [0.2, 0.25) is 0 Å². The number of unbranched alkanes of at least 4 members (excludes halogenated alkanes) is 1. The number of hydrogen-bond donors (Lipinski definition) is 3. The first-order valence-corrected chi connectivity index (χ1v) is 8.79. The zero-order chi connectivity index (χ0) is 19.1. The van der Waals surface area contributed by atoms with Gasteiger partial charge in [-0.15, -0.1) is 0 Å². The molecule has 0 aliphatic carbocycles. The van der Waals surface area contributed by atoms with Crippen molar-refractivity contribution in [3.05, 3.63) is 60.7 Å². The summed E-state index contributed by atoms with van der Waals surface area (Å²) < 4.78 is 19.5. The fourth-order valence-corrected chi connectivity index (χ4v) is 2.39. The van der Waals surface area contributed by atoms with Crippen molar-refractivity contribution < 1.29 is 9.13 Å². The second-order valence-electron chi connectivity index (χ2n) is 5.94. The lowest BCUT2D eigenvalue weighted by Gasteiger charge is -2.13. The fraction of sp³-hybridized carbons (Fsp3) is 0.200. The highest BCUT2D eigenvalue weighted by atomic mass is 19.1. The van der Waals surface area contributed by atoms with Crippen LogP contribution in [-0.4, -0.2) is 16.6 Å². The van der Waals surface area contributed by atoms with Crippen LogP contribution in [0.1, 0.15) is 19.8 Å². The second kappa shape index (κ2) is 8.84. The molecule has 2 aromatic carbocycles. The molecule has 0 fully saturated rings. The van der Waals surface area contributed by atoms with Crippen molar-refractivity contribution in [1.29, 1.82) is 0 Å². The predicted octanol–water partition coefficient (Wildman–Crippen LogP) is 4.86. The van der Waals surface area contributed by atoms with Gasteiger partial charge in [0.05, 0.1) is 12.3 Å². The molecule has 140 valence electrons. The number of nitrogens with two attached hydrogens (primary N) is 1. The van der Waals surface area contributed by atoms with Crippen LogP contribution >= 0.6 is 0 Å². The van der Waals surface area contributed by atoms with E-state index in [0.717, 1.165) is 24.3 Å². The molecule has 0 saturated heterocycles. The van der Waals surface area contributed by atoms with Crippen LogP contribution in [0.5, 0.6) is 5.75 Å². The predicted molar refractivity (Wildman–Crippen MR) is 106 cm³/mol. The Balaban J connectivity index is 1.71. The Morgan fingerprint density at radius 1 is 1.00 bits per heavy atom.